The summed E-state index contributed by atoms with van der Waals surface area (Å²) in [4.78, 5) is 12.8. The van der Waals surface area contributed by atoms with Crippen molar-refractivity contribution >= 4 is 5.91 Å². The van der Waals surface area contributed by atoms with Crippen molar-refractivity contribution in [2.45, 2.75) is 52.5 Å². The molecule has 0 spiro atoms. The van der Waals surface area contributed by atoms with Crippen molar-refractivity contribution in [3.8, 4) is 5.75 Å². The topological polar surface area (TPSA) is 38.3 Å². The van der Waals surface area contributed by atoms with Gasteiger partial charge in [0, 0.05) is 6.04 Å². The van der Waals surface area contributed by atoms with Gasteiger partial charge in [0.05, 0.1) is 5.92 Å². The van der Waals surface area contributed by atoms with Crippen LogP contribution in [0.5, 0.6) is 5.75 Å². The number of benzene rings is 1. The predicted molar refractivity (Wildman–Crippen MR) is 90.3 cm³/mol. The van der Waals surface area contributed by atoms with Crippen molar-refractivity contribution in [3.63, 3.8) is 0 Å². The van der Waals surface area contributed by atoms with Crippen molar-refractivity contribution in [3.05, 3.63) is 29.8 Å². The number of rotatable bonds is 2. The average Bonchev–Trinajstić information content (AvgIpc) is 2.87. The maximum atomic E-state index is 12.8. The molecule has 2 aliphatic carbocycles. The molecular weight excluding hydrogens is 286 g/mol. The Balaban J connectivity index is 1.46. The molecule has 4 rings (SSSR count). The summed E-state index contributed by atoms with van der Waals surface area (Å²) in [5.74, 6) is 1.80. The molecule has 124 valence electrons. The van der Waals surface area contributed by atoms with Gasteiger partial charge < -0.3 is 10.1 Å². The van der Waals surface area contributed by atoms with Crippen LogP contribution in [-0.4, -0.2) is 18.6 Å². The van der Waals surface area contributed by atoms with Crippen molar-refractivity contribution in [1.82, 2.24) is 5.32 Å². The number of hydrogen-bond acceptors (Lipinski definition) is 2. The number of para-hydroxylation sites is 1. The van der Waals surface area contributed by atoms with Gasteiger partial charge in [-0.15, -0.1) is 0 Å². The Kier molecular flexibility index (Phi) is 3.26. The van der Waals surface area contributed by atoms with Crippen LogP contribution in [0.2, 0.25) is 0 Å². The normalized spacial score (nSPS) is 37.1. The maximum absolute atomic E-state index is 12.8. The Hall–Kier alpha value is -1.51. The molecule has 0 saturated heterocycles. The molecule has 4 unspecified atom stereocenters. The first kappa shape index (κ1) is 15.0. The minimum atomic E-state index is -0.0595. The summed E-state index contributed by atoms with van der Waals surface area (Å²) < 4.78 is 5.79. The third-order valence-corrected chi connectivity index (χ3v) is 7.36. The van der Waals surface area contributed by atoms with Gasteiger partial charge in [0.1, 0.15) is 12.4 Å². The van der Waals surface area contributed by atoms with Crippen molar-refractivity contribution < 1.29 is 9.53 Å². The highest BCUT2D eigenvalue weighted by Crippen LogP contribution is 2.65. The van der Waals surface area contributed by atoms with E-state index in [4.69, 9.17) is 4.74 Å². The second-order valence-electron chi connectivity index (χ2n) is 8.49. The zero-order chi connectivity index (χ0) is 16.2. The summed E-state index contributed by atoms with van der Waals surface area (Å²) in [5, 5.41) is 3.39. The van der Waals surface area contributed by atoms with Gasteiger partial charge in [-0.05, 0) is 54.1 Å². The first-order valence-corrected chi connectivity index (χ1v) is 8.93. The lowest BCUT2D eigenvalue weighted by Crippen LogP contribution is -2.50. The van der Waals surface area contributed by atoms with Gasteiger partial charge in [0.2, 0.25) is 5.91 Å². The van der Waals surface area contributed by atoms with E-state index in [9.17, 15) is 4.79 Å². The molecule has 2 saturated carbocycles. The highest BCUT2D eigenvalue weighted by molar-refractivity contribution is 5.80. The fourth-order valence-electron chi connectivity index (χ4n) is 5.21. The lowest BCUT2D eigenvalue weighted by Gasteiger charge is -2.40. The zero-order valence-electron chi connectivity index (χ0n) is 14.4. The van der Waals surface area contributed by atoms with Gasteiger partial charge >= 0.3 is 0 Å². The van der Waals surface area contributed by atoms with Crippen LogP contribution >= 0.6 is 0 Å². The van der Waals surface area contributed by atoms with Gasteiger partial charge in [0.15, 0.2) is 0 Å². The van der Waals surface area contributed by atoms with E-state index in [-0.39, 0.29) is 17.2 Å². The fraction of sp³-hybridized carbons (Fsp3) is 0.650. The monoisotopic (exact) mass is 313 g/mol. The smallest absolute Gasteiger partial charge is 0.227 e. The average molecular weight is 313 g/mol. The highest BCUT2D eigenvalue weighted by atomic mass is 16.5. The molecule has 1 aliphatic heterocycles. The molecule has 2 fully saturated rings. The Morgan fingerprint density at radius 1 is 1.26 bits per heavy atom. The minimum Gasteiger partial charge on any atom is -0.492 e. The molecule has 1 aromatic rings. The van der Waals surface area contributed by atoms with E-state index < -0.39 is 0 Å². The number of carbonyl (C=O) groups excluding carboxylic acids is 1. The van der Waals surface area contributed by atoms with Crippen LogP contribution in [0.15, 0.2) is 24.3 Å². The van der Waals surface area contributed by atoms with E-state index >= 15 is 0 Å². The number of ether oxygens (including phenoxy) is 1. The zero-order valence-corrected chi connectivity index (χ0v) is 14.4. The number of fused-ring (bicyclic) bond motifs is 3. The molecule has 1 aromatic carbocycles. The highest BCUT2D eigenvalue weighted by Gasteiger charge is 2.61. The summed E-state index contributed by atoms with van der Waals surface area (Å²) in [5.41, 5.74) is 1.72. The Labute approximate surface area is 138 Å². The molecule has 3 nitrogen and oxygen atoms in total. The van der Waals surface area contributed by atoms with E-state index in [1.54, 1.807) is 0 Å². The predicted octanol–water partition coefficient (Wildman–Crippen LogP) is 3.57. The Morgan fingerprint density at radius 2 is 2.04 bits per heavy atom. The summed E-state index contributed by atoms with van der Waals surface area (Å²) in [6, 6.07) is 8.37. The van der Waals surface area contributed by atoms with Crippen LogP contribution in [-0.2, 0) is 11.2 Å². The van der Waals surface area contributed by atoms with Crippen LogP contribution in [0.25, 0.3) is 0 Å². The summed E-state index contributed by atoms with van der Waals surface area (Å²) in [6.45, 7) is 7.64. The second kappa shape index (κ2) is 4.99. The molecule has 1 amide bonds. The summed E-state index contributed by atoms with van der Waals surface area (Å²) >= 11 is 0. The maximum Gasteiger partial charge on any atom is 0.227 e. The van der Waals surface area contributed by atoms with E-state index in [2.05, 4.69) is 32.2 Å². The second-order valence-corrected chi connectivity index (χ2v) is 8.49. The third kappa shape index (κ3) is 2.12. The van der Waals surface area contributed by atoms with Gasteiger partial charge in [0.25, 0.3) is 0 Å². The molecule has 23 heavy (non-hydrogen) atoms. The number of carbonyl (C=O) groups is 1. The van der Waals surface area contributed by atoms with E-state index in [1.165, 1.54) is 12.8 Å². The van der Waals surface area contributed by atoms with Gasteiger partial charge in [-0.1, -0.05) is 39.0 Å². The minimum absolute atomic E-state index is 0.0595. The molecule has 0 radical (unpaired) electrons. The first-order chi connectivity index (χ1) is 10.9. The van der Waals surface area contributed by atoms with Crippen LogP contribution in [0.4, 0.5) is 0 Å². The van der Waals surface area contributed by atoms with Crippen molar-refractivity contribution in [2.24, 2.45) is 22.7 Å². The first-order valence-electron chi connectivity index (χ1n) is 8.93. The number of hydrogen-bond donors (Lipinski definition) is 1. The molecule has 3 heteroatoms. The molecule has 1 N–H and O–H groups in total. The fourth-order valence-corrected chi connectivity index (χ4v) is 5.21. The molecule has 3 aliphatic rings. The molecule has 2 bridgehead atoms. The summed E-state index contributed by atoms with van der Waals surface area (Å²) in [6.07, 6.45) is 4.48. The molecule has 0 aromatic heterocycles. The summed E-state index contributed by atoms with van der Waals surface area (Å²) in [7, 11) is 0. The van der Waals surface area contributed by atoms with Crippen LogP contribution in [0.3, 0.4) is 0 Å². The van der Waals surface area contributed by atoms with Gasteiger partial charge in [-0.2, -0.15) is 0 Å². The largest absolute Gasteiger partial charge is 0.492 e. The van der Waals surface area contributed by atoms with Crippen LogP contribution < -0.4 is 10.1 Å². The number of nitrogens with one attached hydrogen (secondary N) is 1. The Bertz CT molecular complexity index is 638. The van der Waals surface area contributed by atoms with Crippen LogP contribution in [0.1, 0.15) is 45.6 Å². The van der Waals surface area contributed by atoms with Crippen LogP contribution in [0, 0.1) is 22.7 Å². The van der Waals surface area contributed by atoms with Crippen molar-refractivity contribution in [1.29, 1.82) is 0 Å². The molecule has 4 atom stereocenters. The Morgan fingerprint density at radius 3 is 2.74 bits per heavy atom. The lowest BCUT2D eigenvalue weighted by molar-refractivity contribution is -0.128. The molecule has 1 heterocycles. The van der Waals surface area contributed by atoms with E-state index in [0.29, 0.717) is 18.1 Å². The van der Waals surface area contributed by atoms with Gasteiger partial charge in [-0.25, -0.2) is 0 Å². The standard InChI is InChI=1S/C20H27NO2/c1-19(2)15-8-9-20(19,3)17(11-15)21-18(22)14-10-13-6-4-5-7-16(13)23-12-14/h4-7,14-15,17H,8-12H2,1-3H3,(H,21,22). The van der Waals surface area contributed by atoms with Gasteiger partial charge in [-0.3, -0.25) is 4.79 Å². The lowest BCUT2D eigenvalue weighted by atomic mass is 9.69. The molecular formula is C20H27NO2. The number of amides is 1. The van der Waals surface area contributed by atoms with E-state index in [0.717, 1.165) is 30.1 Å². The quantitative estimate of drug-likeness (QED) is 0.906. The third-order valence-electron chi connectivity index (χ3n) is 7.36. The SMILES string of the molecule is CC1(C)C2CCC1(C)C(NC(=O)C1COc3ccccc3C1)C2. The van der Waals surface area contributed by atoms with E-state index in [1.807, 2.05) is 18.2 Å². The van der Waals surface area contributed by atoms with Crippen molar-refractivity contribution in [2.75, 3.05) is 6.61 Å².